The van der Waals surface area contributed by atoms with Gasteiger partial charge < -0.3 is 19.4 Å². The van der Waals surface area contributed by atoms with Crippen LogP contribution in [0.25, 0.3) is 11.0 Å². The van der Waals surface area contributed by atoms with Crippen molar-refractivity contribution in [3.63, 3.8) is 0 Å². The molecule has 0 aliphatic rings. The van der Waals surface area contributed by atoms with Gasteiger partial charge in [-0.3, -0.25) is 9.59 Å². The van der Waals surface area contributed by atoms with Gasteiger partial charge in [0.25, 0.3) is 5.91 Å². The van der Waals surface area contributed by atoms with E-state index in [9.17, 15) is 14.0 Å². The number of furan rings is 1. The van der Waals surface area contributed by atoms with E-state index in [4.69, 9.17) is 9.15 Å². The van der Waals surface area contributed by atoms with Gasteiger partial charge in [-0.2, -0.15) is 0 Å². The SMILES string of the molecule is CCOC(=O)CCN(C)C(=O)c1ccc(NC(c2oc3ccc(F)cc3c2C)C(CC)CC)cc1. The summed E-state index contributed by atoms with van der Waals surface area (Å²) in [6.45, 7) is 8.63. The van der Waals surface area contributed by atoms with E-state index in [-0.39, 0.29) is 30.2 Å². The first kappa shape index (κ1) is 26.3. The Morgan fingerprint density at radius 3 is 2.40 bits per heavy atom. The summed E-state index contributed by atoms with van der Waals surface area (Å²) in [5.41, 5.74) is 3.00. The summed E-state index contributed by atoms with van der Waals surface area (Å²) in [6.07, 6.45) is 2.05. The molecule has 3 aromatic rings. The molecule has 0 aliphatic heterocycles. The third kappa shape index (κ3) is 6.21. The first-order chi connectivity index (χ1) is 16.8. The highest BCUT2D eigenvalue weighted by molar-refractivity contribution is 5.94. The maximum atomic E-state index is 13.8. The molecule has 0 radical (unpaired) electrons. The Kier molecular flexibility index (Phi) is 8.90. The van der Waals surface area contributed by atoms with Crippen LogP contribution in [0.1, 0.15) is 67.8 Å². The number of amides is 1. The summed E-state index contributed by atoms with van der Waals surface area (Å²) in [6, 6.07) is 11.8. The van der Waals surface area contributed by atoms with E-state index in [0.29, 0.717) is 30.2 Å². The molecule has 1 amide bonds. The second-order valence-corrected chi connectivity index (χ2v) is 8.79. The minimum atomic E-state index is -0.317. The number of nitrogens with zero attached hydrogens (tertiary/aromatic N) is 1. The molecule has 1 N–H and O–H groups in total. The van der Waals surface area contributed by atoms with Crippen LogP contribution in [0.5, 0.6) is 0 Å². The van der Waals surface area contributed by atoms with Crippen molar-refractivity contribution in [3.8, 4) is 0 Å². The monoisotopic (exact) mass is 482 g/mol. The molecule has 2 aromatic carbocycles. The van der Waals surface area contributed by atoms with Gasteiger partial charge in [-0.15, -0.1) is 0 Å². The first-order valence-electron chi connectivity index (χ1n) is 12.2. The number of aryl methyl sites for hydroxylation is 1. The predicted molar refractivity (Wildman–Crippen MR) is 136 cm³/mol. The van der Waals surface area contributed by atoms with Crippen molar-refractivity contribution >= 4 is 28.5 Å². The number of carbonyl (C=O) groups is 2. The normalized spacial score (nSPS) is 12.1. The minimum Gasteiger partial charge on any atom is -0.466 e. The number of benzene rings is 2. The second kappa shape index (κ2) is 11.9. The standard InChI is InChI=1S/C28H35FN2O4/c1-6-19(7-2)26(27-18(4)23-17-21(29)11-14-24(23)35-27)30-22-12-9-20(10-13-22)28(33)31(5)16-15-25(32)34-8-3/h9-14,17,19,26,30H,6-8,15-16H2,1-5H3. The number of rotatable bonds is 11. The van der Waals surface area contributed by atoms with Crippen molar-refractivity contribution in [2.45, 2.75) is 53.0 Å². The molecule has 7 heteroatoms. The van der Waals surface area contributed by atoms with Gasteiger partial charge in [0.2, 0.25) is 0 Å². The lowest BCUT2D eigenvalue weighted by Crippen LogP contribution is -2.29. The highest BCUT2D eigenvalue weighted by Crippen LogP contribution is 2.37. The molecule has 6 nitrogen and oxygen atoms in total. The Balaban J connectivity index is 1.79. The molecule has 1 aromatic heterocycles. The van der Waals surface area contributed by atoms with Gasteiger partial charge in [0, 0.05) is 35.8 Å². The Morgan fingerprint density at radius 2 is 1.77 bits per heavy atom. The lowest BCUT2D eigenvalue weighted by molar-refractivity contribution is -0.143. The van der Waals surface area contributed by atoms with Crippen LogP contribution in [-0.4, -0.2) is 37.0 Å². The van der Waals surface area contributed by atoms with Crippen molar-refractivity contribution in [1.82, 2.24) is 4.90 Å². The summed E-state index contributed by atoms with van der Waals surface area (Å²) < 4.78 is 25.0. The van der Waals surface area contributed by atoms with Crippen LogP contribution in [0.15, 0.2) is 46.9 Å². The molecule has 188 valence electrons. The Labute approximate surface area is 206 Å². The Morgan fingerprint density at radius 1 is 1.09 bits per heavy atom. The van der Waals surface area contributed by atoms with E-state index in [0.717, 1.165) is 35.2 Å². The molecule has 0 bridgehead atoms. The fraction of sp³-hybridized carbons (Fsp3) is 0.429. The number of esters is 1. The van der Waals surface area contributed by atoms with E-state index in [1.165, 1.54) is 17.0 Å². The van der Waals surface area contributed by atoms with Gasteiger partial charge in [-0.1, -0.05) is 26.7 Å². The third-order valence-electron chi connectivity index (χ3n) is 6.50. The highest BCUT2D eigenvalue weighted by Gasteiger charge is 2.27. The highest BCUT2D eigenvalue weighted by atomic mass is 19.1. The molecular weight excluding hydrogens is 447 g/mol. The van der Waals surface area contributed by atoms with Crippen LogP contribution in [-0.2, 0) is 9.53 Å². The zero-order valence-electron chi connectivity index (χ0n) is 21.2. The summed E-state index contributed by atoms with van der Waals surface area (Å²) in [4.78, 5) is 25.8. The van der Waals surface area contributed by atoms with Crippen LogP contribution >= 0.6 is 0 Å². The molecular formula is C28H35FN2O4. The molecule has 1 unspecified atom stereocenters. The molecule has 0 fully saturated rings. The first-order valence-corrected chi connectivity index (χ1v) is 12.2. The quantitative estimate of drug-likeness (QED) is 0.316. The molecule has 1 atom stereocenters. The van der Waals surface area contributed by atoms with E-state index in [1.807, 2.05) is 19.1 Å². The van der Waals surface area contributed by atoms with Crippen molar-refractivity contribution in [2.24, 2.45) is 5.92 Å². The van der Waals surface area contributed by atoms with Gasteiger partial charge in [0.1, 0.15) is 17.2 Å². The zero-order chi connectivity index (χ0) is 25.5. The van der Waals surface area contributed by atoms with Gasteiger partial charge in [-0.25, -0.2) is 4.39 Å². The largest absolute Gasteiger partial charge is 0.466 e. The lowest BCUT2D eigenvalue weighted by atomic mass is 9.90. The minimum absolute atomic E-state index is 0.103. The fourth-order valence-corrected chi connectivity index (χ4v) is 4.37. The molecule has 0 spiro atoms. The van der Waals surface area contributed by atoms with Crippen LogP contribution in [0.2, 0.25) is 0 Å². The van der Waals surface area contributed by atoms with Gasteiger partial charge >= 0.3 is 5.97 Å². The molecule has 0 aliphatic carbocycles. The van der Waals surface area contributed by atoms with E-state index >= 15 is 0 Å². The maximum Gasteiger partial charge on any atom is 0.307 e. The second-order valence-electron chi connectivity index (χ2n) is 8.79. The third-order valence-corrected chi connectivity index (χ3v) is 6.50. The summed E-state index contributed by atoms with van der Waals surface area (Å²) in [5.74, 6) is 0.343. The fourth-order valence-electron chi connectivity index (χ4n) is 4.37. The Hall–Kier alpha value is -3.35. The van der Waals surface area contributed by atoms with Crippen molar-refractivity contribution in [3.05, 3.63) is 65.2 Å². The average molecular weight is 483 g/mol. The predicted octanol–water partition coefficient (Wildman–Crippen LogP) is 6.49. The van der Waals surface area contributed by atoms with Crippen LogP contribution in [0.4, 0.5) is 10.1 Å². The number of carbonyl (C=O) groups excluding carboxylic acids is 2. The topological polar surface area (TPSA) is 71.8 Å². The molecule has 35 heavy (non-hydrogen) atoms. The molecule has 0 saturated carbocycles. The zero-order valence-corrected chi connectivity index (χ0v) is 21.2. The van der Waals surface area contributed by atoms with Crippen LogP contribution < -0.4 is 5.32 Å². The molecule has 3 rings (SSSR count). The molecule has 1 heterocycles. The number of fused-ring (bicyclic) bond motifs is 1. The number of anilines is 1. The van der Waals surface area contributed by atoms with E-state index in [2.05, 4.69) is 19.2 Å². The van der Waals surface area contributed by atoms with Crippen molar-refractivity contribution < 1.29 is 23.1 Å². The van der Waals surface area contributed by atoms with Crippen molar-refractivity contribution in [1.29, 1.82) is 0 Å². The van der Waals surface area contributed by atoms with E-state index < -0.39 is 0 Å². The summed E-state index contributed by atoms with van der Waals surface area (Å²) >= 11 is 0. The molecule has 0 saturated heterocycles. The summed E-state index contributed by atoms with van der Waals surface area (Å²) in [5, 5.41) is 4.37. The number of hydrogen-bond donors (Lipinski definition) is 1. The van der Waals surface area contributed by atoms with Crippen LogP contribution in [0, 0.1) is 18.7 Å². The van der Waals surface area contributed by atoms with Crippen molar-refractivity contribution in [2.75, 3.05) is 25.5 Å². The smallest absolute Gasteiger partial charge is 0.307 e. The number of ether oxygens (including phenoxy) is 1. The Bertz CT molecular complexity index is 1150. The summed E-state index contributed by atoms with van der Waals surface area (Å²) in [7, 11) is 1.67. The van der Waals surface area contributed by atoms with E-state index in [1.54, 1.807) is 32.2 Å². The average Bonchev–Trinajstić information content (AvgIpc) is 3.18. The van der Waals surface area contributed by atoms with Crippen LogP contribution in [0.3, 0.4) is 0 Å². The van der Waals surface area contributed by atoms with Gasteiger partial charge in [-0.05, 0) is 62.2 Å². The number of halogens is 1. The van der Waals surface area contributed by atoms with Gasteiger partial charge in [0.05, 0.1) is 19.1 Å². The maximum absolute atomic E-state index is 13.8. The lowest BCUT2D eigenvalue weighted by Gasteiger charge is -2.26. The van der Waals surface area contributed by atoms with Gasteiger partial charge in [0.15, 0.2) is 0 Å². The number of hydrogen-bond acceptors (Lipinski definition) is 5. The number of nitrogens with one attached hydrogen (secondary N) is 1.